The van der Waals surface area contributed by atoms with Crippen LogP contribution in [0.15, 0.2) is 9.63 Å². The molecular weight excluding hydrogens is 364 g/mol. The van der Waals surface area contributed by atoms with E-state index in [2.05, 4.69) is 31.0 Å². The Bertz CT molecular complexity index is 601. The highest BCUT2D eigenvalue weighted by atomic mass is 79.9. The lowest BCUT2D eigenvalue weighted by Crippen LogP contribution is -2.35. The first-order valence-electron chi connectivity index (χ1n) is 6.22. The van der Waals surface area contributed by atoms with Crippen LogP contribution in [0.2, 0.25) is 0 Å². The summed E-state index contributed by atoms with van der Waals surface area (Å²) in [5.74, 6) is -1.84. The molecule has 0 aromatic carbocycles. The number of halogens is 1. The van der Waals surface area contributed by atoms with Crippen LogP contribution >= 0.6 is 15.9 Å². The minimum absolute atomic E-state index is 0.0835. The molecule has 8 nitrogen and oxygen atoms in total. The molecule has 0 amide bonds. The van der Waals surface area contributed by atoms with Gasteiger partial charge in [0, 0.05) is 13.6 Å². The predicted molar refractivity (Wildman–Crippen MR) is 79.1 cm³/mol. The average Bonchev–Trinajstić information content (AvgIpc) is 2.63. The summed E-state index contributed by atoms with van der Waals surface area (Å²) in [5.41, 5.74) is -0.219. The number of aliphatic carboxylic acids is 1. The summed E-state index contributed by atoms with van der Waals surface area (Å²) < 4.78 is 27.9. The van der Waals surface area contributed by atoms with E-state index in [9.17, 15) is 18.3 Å². The molecule has 1 atom stereocenters. The number of hydrogen-bond acceptors (Lipinski definition) is 5. The zero-order chi connectivity index (χ0) is 16.4. The van der Waals surface area contributed by atoms with Crippen LogP contribution in [0.25, 0.3) is 0 Å². The van der Waals surface area contributed by atoms with Gasteiger partial charge in [-0.2, -0.15) is 0 Å². The van der Waals surface area contributed by atoms with Gasteiger partial charge in [0.05, 0.1) is 5.92 Å². The molecule has 0 aliphatic carbocycles. The van der Waals surface area contributed by atoms with Crippen molar-refractivity contribution in [2.45, 2.75) is 32.2 Å². The van der Waals surface area contributed by atoms with Crippen molar-refractivity contribution >= 4 is 31.9 Å². The number of hydrogen-bond donors (Lipinski definition) is 2. The third-order valence-corrected chi connectivity index (χ3v) is 5.03. The molecule has 0 fully saturated rings. The van der Waals surface area contributed by atoms with Crippen molar-refractivity contribution in [3.05, 3.63) is 4.60 Å². The summed E-state index contributed by atoms with van der Waals surface area (Å²) in [6.45, 7) is 5.52. The van der Waals surface area contributed by atoms with Gasteiger partial charge in [-0.3, -0.25) is 4.79 Å². The Morgan fingerprint density at radius 1 is 1.48 bits per heavy atom. The second kappa shape index (κ2) is 6.41. The quantitative estimate of drug-likeness (QED) is 0.757. The van der Waals surface area contributed by atoms with Crippen molar-refractivity contribution in [1.82, 2.24) is 19.7 Å². The maximum Gasteiger partial charge on any atom is 0.307 e. The molecule has 2 N–H and O–H groups in total. The highest BCUT2D eigenvalue weighted by Gasteiger charge is 2.29. The van der Waals surface area contributed by atoms with E-state index in [-0.39, 0.29) is 21.6 Å². The molecule has 1 heterocycles. The van der Waals surface area contributed by atoms with Crippen LogP contribution in [-0.4, -0.2) is 41.0 Å². The number of nitrogens with zero attached hydrogens (tertiary/aromatic N) is 3. The van der Waals surface area contributed by atoms with Gasteiger partial charge >= 0.3 is 5.97 Å². The monoisotopic (exact) mass is 382 g/mol. The molecule has 0 radical (unpaired) electrons. The molecule has 1 rings (SSSR count). The molecular formula is C11H19BrN4O4S. The molecule has 0 saturated heterocycles. The topological polar surface area (TPSA) is 114 Å². The Morgan fingerprint density at radius 2 is 2.05 bits per heavy atom. The Hall–Kier alpha value is -1.00. The Kier molecular flexibility index (Phi) is 5.51. The fraction of sp³-hybridized carbons (Fsp3) is 0.727. The summed E-state index contributed by atoms with van der Waals surface area (Å²) in [6.07, 6.45) is 0.357. The Balaban J connectivity index is 2.87. The minimum Gasteiger partial charge on any atom is -0.481 e. The van der Waals surface area contributed by atoms with Crippen molar-refractivity contribution in [3.8, 4) is 0 Å². The number of sulfonamides is 1. The van der Waals surface area contributed by atoms with E-state index in [1.807, 2.05) is 20.8 Å². The summed E-state index contributed by atoms with van der Waals surface area (Å²) in [4.78, 5) is 11.2. The first-order valence-corrected chi connectivity index (χ1v) is 8.49. The Labute approximate surface area is 132 Å². The van der Waals surface area contributed by atoms with Crippen LogP contribution in [-0.2, 0) is 21.9 Å². The van der Waals surface area contributed by atoms with Crippen molar-refractivity contribution in [2.75, 3.05) is 6.54 Å². The van der Waals surface area contributed by atoms with Gasteiger partial charge < -0.3 is 5.11 Å². The van der Waals surface area contributed by atoms with Crippen molar-refractivity contribution < 1.29 is 18.3 Å². The van der Waals surface area contributed by atoms with E-state index in [1.165, 1.54) is 7.05 Å². The third kappa shape index (κ3) is 5.04. The summed E-state index contributed by atoms with van der Waals surface area (Å²) >= 11 is 3.01. The normalized spacial score (nSPS) is 14.1. The van der Waals surface area contributed by atoms with Crippen LogP contribution in [0.1, 0.15) is 27.2 Å². The van der Waals surface area contributed by atoms with Gasteiger partial charge in [0.25, 0.3) is 10.0 Å². The van der Waals surface area contributed by atoms with Gasteiger partial charge in [0.1, 0.15) is 0 Å². The van der Waals surface area contributed by atoms with E-state index < -0.39 is 21.9 Å². The summed E-state index contributed by atoms with van der Waals surface area (Å²) in [7, 11) is -2.44. The summed E-state index contributed by atoms with van der Waals surface area (Å²) in [6, 6.07) is 0. The van der Waals surface area contributed by atoms with Crippen molar-refractivity contribution in [3.63, 3.8) is 0 Å². The van der Waals surface area contributed by atoms with E-state index in [4.69, 9.17) is 0 Å². The largest absolute Gasteiger partial charge is 0.481 e. The van der Waals surface area contributed by atoms with Crippen molar-refractivity contribution in [2.24, 2.45) is 18.4 Å². The second-order valence-corrected chi connectivity index (χ2v) is 8.39. The van der Waals surface area contributed by atoms with E-state index in [1.54, 1.807) is 0 Å². The summed E-state index contributed by atoms with van der Waals surface area (Å²) in [5, 5.41) is 16.2. The molecule has 1 aromatic rings. The highest BCUT2D eigenvalue weighted by Crippen LogP contribution is 2.25. The van der Waals surface area contributed by atoms with Gasteiger partial charge in [-0.05, 0) is 27.8 Å². The molecule has 1 aromatic heterocycles. The van der Waals surface area contributed by atoms with E-state index in [0.717, 1.165) is 4.68 Å². The Morgan fingerprint density at radius 3 is 2.43 bits per heavy atom. The molecule has 0 aliphatic rings. The number of carboxylic acids is 1. The first kappa shape index (κ1) is 18.1. The van der Waals surface area contributed by atoms with E-state index in [0.29, 0.717) is 6.42 Å². The fourth-order valence-electron chi connectivity index (χ4n) is 1.87. The van der Waals surface area contributed by atoms with Crippen LogP contribution < -0.4 is 4.72 Å². The number of carboxylic acid groups (broad SMARTS) is 1. The van der Waals surface area contributed by atoms with Gasteiger partial charge in [0.2, 0.25) is 5.03 Å². The maximum atomic E-state index is 12.2. The molecule has 0 spiro atoms. The number of carbonyl (C=O) groups is 1. The van der Waals surface area contributed by atoms with Gasteiger partial charge in [-0.1, -0.05) is 26.0 Å². The third-order valence-electron chi connectivity index (χ3n) is 2.72. The molecule has 1 unspecified atom stereocenters. The highest BCUT2D eigenvalue weighted by molar-refractivity contribution is 9.10. The molecule has 0 aliphatic heterocycles. The van der Waals surface area contributed by atoms with Crippen LogP contribution in [0.5, 0.6) is 0 Å². The lowest BCUT2D eigenvalue weighted by molar-refractivity contribution is -0.142. The van der Waals surface area contributed by atoms with Gasteiger partial charge in [-0.15, -0.1) is 5.10 Å². The number of nitrogens with one attached hydrogen (secondary N) is 1. The maximum absolute atomic E-state index is 12.2. The second-order valence-electron chi connectivity index (χ2n) is 5.96. The molecule has 0 bridgehead atoms. The fourth-order valence-corrected chi connectivity index (χ4v) is 4.04. The smallest absolute Gasteiger partial charge is 0.307 e. The van der Waals surface area contributed by atoms with E-state index >= 15 is 0 Å². The van der Waals surface area contributed by atoms with Crippen LogP contribution in [0.3, 0.4) is 0 Å². The SMILES string of the molecule is Cn1nnc(Br)c1S(=O)(=O)NCC(CC(C)(C)C)C(=O)O. The molecule has 0 saturated carbocycles. The lowest BCUT2D eigenvalue weighted by atomic mass is 9.85. The number of aryl methyl sites for hydroxylation is 1. The van der Waals surface area contributed by atoms with Crippen LogP contribution in [0.4, 0.5) is 0 Å². The standard InChI is InChI=1S/C11H19BrN4O4S/c1-11(2,3)5-7(10(17)18)6-13-21(19,20)9-8(12)14-15-16(9)4/h7,13H,5-6H2,1-4H3,(H,17,18). The number of aromatic nitrogens is 3. The molecule has 21 heavy (non-hydrogen) atoms. The first-order chi connectivity index (χ1) is 9.44. The van der Waals surface area contributed by atoms with Gasteiger partial charge in [-0.25, -0.2) is 17.8 Å². The van der Waals surface area contributed by atoms with Crippen LogP contribution in [0, 0.1) is 11.3 Å². The zero-order valence-electron chi connectivity index (χ0n) is 12.3. The molecule has 10 heteroatoms. The molecule has 120 valence electrons. The number of rotatable bonds is 6. The zero-order valence-corrected chi connectivity index (χ0v) is 14.7. The predicted octanol–water partition coefficient (Wildman–Crippen LogP) is 0.993. The minimum atomic E-state index is -3.88. The van der Waals surface area contributed by atoms with Crippen molar-refractivity contribution in [1.29, 1.82) is 0 Å². The lowest BCUT2D eigenvalue weighted by Gasteiger charge is -2.23. The van der Waals surface area contributed by atoms with Gasteiger partial charge in [0.15, 0.2) is 4.60 Å². The average molecular weight is 383 g/mol.